The summed E-state index contributed by atoms with van der Waals surface area (Å²) in [7, 11) is 0. The molecule has 30 heavy (non-hydrogen) atoms. The molecule has 0 radical (unpaired) electrons. The van der Waals surface area contributed by atoms with Crippen LogP contribution in [0.3, 0.4) is 0 Å². The van der Waals surface area contributed by atoms with Gasteiger partial charge in [-0.15, -0.1) is 0 Å². The molecular formula is C23H21N3O4. The van der Waals surface area contributed by atoms with E-state index >= 15 is 0 Å². The molecule has 0 bridgehead atoms. The number of carbonyl (C=O) groups is 2. The molecule has 3 aromatic rings. The standard InChI is InChI=1S/C23H21N3O4/c1-14-6-5-9-18-22(14)24-20(25-23(18)29)13-30-21(28)12-19-17-8-4-3-7-16(17)10-11-26(19)15(2)27/h3-11,19H,12-13H2,1-2H3,(H,24,25,29)/t19-/m0/s1. The largest absolute Gasteiger partial charge is 0.457 e. The maximum atomic E-state index is 12.6. The van der Waals surface area contributed by atoms with Crippen LogP contribution in [-0.2, 0) is 20.9 Å². The molecule has 1 atom stereocenters. The minimum atomic E-state index is -0.483. The molecule has 0 saturated heterocycles. The minimum Gasteiger partial charge on any atom is -0.457 e. The predicted molar refractivity (Wildman–Crippen MR) is 112 cm³/mol. The number of aryl methyl sites for hydroxylation is 1. The summed E-state index contributed by atoms with van der Waals surface area (Å²) in [4.78, 5) is 45.5. The van der Waals surface area contributed by atoms with Gasteiger partial charge in [-0.05, 0) is 35.8 Å². The van der Waals surface area contributed by atoms with Crippen LogP contribution in [0.5, 0.6) is 0 Å². The number of amides is 1. The Bertz CT molecular complexity index is 1230. The molecule has 0 unspecified atom stereocenters. The van der Waals surface area contributed by atoms with Crippen LogP contribution in [0.15, 0.2) is 53.5 Å². The molecule has 7 heteroatoms. The van der Waals surface area contributed by atoms with E-state index in [9.17, 15) is 14.4 Å². The van der Waals surface area contributed by atoms with Crippen LogP contribution in [0.4, 0.5) is 0 Å². The van der Waals surface area contributed by atoms with Gasteiger partial charge in [0.25, 0.3) is 5.56 Å². The number of nitrogens with one attached hydrogen (secondary N) is 1. The van der Waals surface area contributed by atoms with Crippen molar-refractivity contribution in [2.75, 3.05) is 0 Å². The normalized spacial score (nSPS) is 15.1. The number of hydrogen-bond acceptors (Lipinski definition) is 5. The number of ether oxygens (including phenoxy) is 1. The van der Waals surface area contributed by atoms with Crippen molar-refractivity contribution in [3.05, 3.63) is 81.5 Å². The van der Waals surface area contributed by atoms with Gasteiger partial charge in [0, 0.05) is 13.1 Å². The summed E-state index contributed by atoms with van der Waals surface area (Å²) in [6, 6.07) is 12.6. The molecule has 1 aliphatic rings. The second kappa shape index (κ2) is 7.94. The highest BCUT2D eigenvalue weighted by Gasteiger charge is 2.28. The van der Waals surface area contributed by atoms with E-state index in [2.05, 4.69) is 9.97 Å². The second-order valence-electron chi connectivity index (χ2n) is 7.24. The molecule has 152 valence electrons. The number of aromatic nitrogens is 2. The van der Waals surface area contributed by atoms with Gasteiger partial charge < -0.3 is 14.6 Å². The highest BCUT2D eigenvalue weighted by atomic mass is 16.5. The highest BCUT2D eigenvalue weighted by Crippen LogP contribution is 2.33. The summed E-state index contributed by atoms with van der Waals surface area (Å²) in [5, 5.41) is 0.493. The summed E-state index contributed by atoms with van der Waals surface area (Å²) >= 11 is 0. The number of rotatable bonds is 4. The fraction of sp³-hybridized carbons (Fsp3) is 0.217. The number of fused-ring (bicyclic) bond motifs is 2. The Labute approximate surface area is 173 Å². The zero-order chi connectivity index (χ0) is 21.3. The van der Waals surface area contributed by atoms with Crippen LogP contribution in [0.2, 0.25) is 0 Å². The molecule has 0 aliphatic carbocycles. The van der Waals surface area contributed by atoms with E-state index in [1.807, 2.05) is 43.3 Å². The van der Waals surface area contributed by atoms with Crippen molar-refractivity contribution < 1.29 is 14.3 Å². The Morgan fingerprint density at radius 3 is 2.77 bits per heavy atom. The number of H-pyrrole nitrogens is 1. The lowest BCUT2D eigenvalue weighted by Crippen LogP contribution is -2.32. The molecule has 0 saturated carbocycles. The Kier molecular flexibility index (Phi) is 5.18. The lowest BCUT2D eigenvalue weighted by molar-refractivity contribution is -0.147. The lowest BCUT2D eigenvalue weighted by atomic mass is 9.94. The van der Waals surface area contributed by atoms with Crippen molar-refractivity contribution in [3.8, 4) is 0 Å². The van der Waals surface area contributed by atoms with Crippen LogP contribution in [0.1, 0.15) is 41.9 Å². The lowest BCUT2D eigenvalue weighted by Gasteiger charge is -2.32. The van der Waals surface area contributed by atoms with Crippen molar-refractivity contribution in [2.24, 2.45) is 0 Å². The predicted octanol–water partition coefficient (Wildman–Crippen LogP) is 3.24. The minimum absolute atomic E-state index is 0.00221. The molecule has 7 nitrogen and oxygen atoms in total. The summed E-state index contributed by atoms with van der Waals surface area (Å²) < 4.78 is 5.38. The number of benzene rings is 2. The van der Waals surface area contributed by atoms with Gasteiger partial charge in [-0.3, -0.25) is 14.4 Å². The topological polar surface area (TPSA) is 92.4 Å². The number of carbonyl (C=O) groups excluding carboxylic acids is 2. The average molecular weight is 403 g/mol. The van der Waals surface area contributed by atoms with Gasteiger partial charge >= 0.3 is 5.97 Å². The first-order chi connectivity index (χ1) is 14.4. The molecular weight excluding hydrogens is 382 g/mol. The summed E-state index contributed by atoms with van der Waals surface area (Å²) in [6.45, 7) is 3.18. The molecule has 0 spiro atoms. The van der Waals surface area contributed by atoms with Crippen molar-refractivity contribution in [1.29, 1.82) is 0 Å². The zero-order valence-electron chi connectivity index (χ0n) is 16.7. The molecule has 1 aliphatic heterocycles. The molecule has 1 N–H and O–H groups in total. The van der Waals surface area contributed by atoms with E-state index in [4.69, 9.17) is 4.74 Å². The fourth-order valence-corrected chi connectivity index (χ4v) is 3.70. The first-order valence-corrected chi connectivity index (χ1v) is 9.64. The van der Waals surface area contributed by atoms with Crippen molar-refractivity contribution in [3.63, 3.8) is 0 Å². The van der Waals surface area contributed by atoms with Crippen molar-refractivity contribution >= 4 is 28.9 Å². The van der Waals surface area contributed by atoms with Gasteiger partial charge in [0.2, 0.25) is 5.91 Å². The van der Waals surface area contributed by atoms with Gasteiger partial charge in [-0.2, -0.15) is 0 Å². The third kappa shape index (κ3) is 3.74. The molecule has 1 amide bonds. The van der Waals surface area contributed by atoms with E-state index in [-0.39, 0.29) is 30.3 Å². The van der Waals surface area contributed by atoms with Crippen LogP contribution in [0.25, 0.3) is 17.0 Å². The third-order valence-corrected chi connectivity index (χ3v) is 5.19. The second-order valence-corrected chi connectivity index (χ2v) is 7.24. The van der Waals surface area contributed by atoms with Crippen molar-refractivity contribution in [1.82, 2.24) is 14.9 Å². The molecule has 2 aromatic carbocycles. The highest BCUT2D eigenvalue weighted by molar-refractivity contribution is 5.81. The van der Waals surface area contributed by atoms with Gasteiger partial charge in [-0.25, -0.2) is 4.98 Å². The third-order valence-electron chi connectivity index (χ3n) is 5.19. The average Bonchev–Trinajstić information content (AvgIpc) is 2.73. The monoisotopic (exact) mass is 403 g/mol. The maximum absolute atomic E-state index is 12.6. The Hall–Kier alpha value is -3.74. The zero-order valence-corrected chi connectivity index (χ0v) is 16.7. The Morgan fingerprint density at radius 1 is 1.17 bits per heavy atom. The first kappa shape index (κ1) is 19.6. The van der Waals surface area contributed by atoms with E-state index in [0.717, 1.165) is 16.7 Å². The van der Waals surface area contributed by atoms with Crippen molar-refractivity contribution in [2.45, 2.75) is 32.9 Å². The molecule has 0 fully saturated rings. The molecule has 2 heterocycles. The number of esters is 1. The van der Waals surface area contributed by atoms with E-state index in [0.29, 0.717) is 10.9 Å². The summed E-state index contributed by atoms with van der Waals surface area (Å²) in [5.74, 6) is -0.360. The molecule has 1 aromatic heterocycles. The fourth-order valence-electron chi connectivity index (χ4n) is 3.70. The van der Waals surface area contributed by atoms with Crippen LogP contribution in [0, 0.1) is 6.92 Å². The first-order valence-electron chi connectivity index (χ1n) is 9.64. The van der Waals surface area contributed by atoms with Gasteiger partial charge in [0.15, 0.2) is 0 Å². The number of para-hydroxylation sites is 1. The van der Waals surface area contributed by atoms with Gasteiger partial charge in [0.1, 0.15) is 12.4 Å². The van der Waals surface area contributed by atoms with Gasteiger partial charge in [-0.1, -0.05) is 36.4 Å². The number of aromatic amines is 1. The maximum Gasteiger partial charge on any atom is 0.308 e. The van der Waals surface area contributed by atoms with Crippen LogP contribution >= 0.6 is 0 Å². The van der Waals surface area contributed by atoms with E-state index in [1.54, 1.807) is 18.3 Å². The van der Waals surface area contributed by atoms with E-state index < -0.39 is 12.0 Å². The summed E-state index contributed by atoms with van der Waals surface area (Å²) in [5.41, 5.74) is 3.03. The quantitative estimate of drug-likeness (QED) is 0.675. The SMILES string of the molecule is CC(=O)N1C=Cc2ccccc2[C@@H]1CC(=O)OCc1nc2c(C)cccc2c(=O)[nH]1. The smallest absolute Gasteiger partial charge is 0.308 e. The number of nitrogens with zero attached hydrogens (tertiary/aromatic N) is 2. The number of hydrogen-bond donors (Lipinski definition) is 1. The molecule has 4 rings (SSSR count). The van der Waals surface area contributed by atoms with Gasteiger partial charge in [0.05, 0.1) is 23.4 Å². The Balaban J connectivity index is 1.51. The Morgan fingerprint density at radius 2 is 1.97 bits per heavy atom. The van der Waals surface area contributed by atoms with Crippen LogP contribution < -0.4 is 5.56 Å². The van der Waals surface area contributed by atoms with Crippen LogP contribution in [-0.4, -0.2) is 26.7 Å². The summed E-state index contributed by atoms with van der Waals surface area (Å²) in [6.07, 6.45) is 3.54. The van der Waals surface area contributed by atoms with E-state index in [1.165, 1.54) is 11.8 Å².